The maximum Gasteiger partial charge on any atom is 0.490 e. The molecule has 260 valence electrons. The van der Waals surface area contributed by atoms with Gasteiger partial charge in [-0.3, -0.25) is 9.59 Å². The van der Waals surface area contributed by atoms with E-state index in [1.807, 2.05) is 44.2 Å². The van der Waals surface area contributed by atoms with E-state index in [-0.39, 0.29) is 11.8 Å². The van der Waals surface area contributed by atoms with Crippen LogP contribution in [0.2, 0.25) is 0 Å². The van der Waals surface area contributed by atoms with Crippen molar-refractivity contribution in [2.24, 2.45) is 0 Å². The highest BCUT2D eigenvalue weighted by Gasteiger charge is 2.38. The number of nitrogens with zero attached hydrogens (tertiary/aromatic N) is 2. The average Bonchev–Trinajstić information content (AvgIpc) is 3.48. The molecular weight excluding hydrogens is 638 g/mol. The van der Waals surface area contributed by atoms with Gasteiger partial charge in [-0.25, -0.2) is 14.6 Å². The summed E-state index contributed by atoms with van der Waals surface area (Å²) in [5.74, 6) is -4.84. The van der Waals surface area contributed by atoms with Crippen molar-refractivity contribution in [3.05, 3.63) is 54.5 Å². The van der Waals surface area contributed by atoms with Gasteiger partial charge >= 0.3 is 24.3 Å². The summed E-state index contributed by atoms with van der Waals surface area (Å²) < 4.78 is 63.5. The van der Waals surface area contributed by atoms with Crippen molar-refractivity contribution in [1.82, 2.24) is 20.2 Å². The number of carboxylic acids is 2. The van der Waals surface area contributed by atoms with Crippen LogP contribution in [0, 0.1) is 0 Å². The molecule has 47 heavy (non-hydrogen) atoms. The van der Waals surface area contributed by atoms with Gasteiger partial charge < -0.3 is 25.4 Å². The second kappa shape index (κ2) is 19.3. The predicted octanol–water partition coefficient (Wildman–Crippen LogP) is 6.19. The minimum atomic E-state index is -5.08. The fourth-order valence-electron chi connectivity index (χ4n) is 3.96. The third kappa shape index (κ3) is 15.6. The van der Waals surface area contributed by atoms with E-state index in [1.165, 1.54) is 10.8 Å². The van der Waals surface area contributed by atoms with E-state index in [0.29, 0.717) is 37.4 Å². The molecule has 0 radical (unpaired) electrons. The summed E-state index contributed by atoms with van der Waals surface area (Å²) in [5.41, 5.74) is 1.97. The molecule has 1 amide bonds. The van der Waals surface area contributed by atoms with Crippen LogP contribution in [-0.4, -0.2) is 88.2 Å². The molecule has 0 spiro atoms. The van der Waals surface area contributed by atoms with Crippen LogP contribution in [0.4, 0.5) is 26.3 Å². The molecule has 3 rings (SSSR count). The third-order valence-corrected chi connectivity index (χ3v) is 6.49. The van der Waals surface area contributed by atoms with Gasteiger partial charge in [0.25, 0.3) is 0 Å². The van der Waals surface area contributed by atoms with Gasteiger partial charge in [0.05, 0.1) is 17.8 Å². The van der Waals surface area contributed by atoms with Crippen molar-refractivity contribution in [2.45, 2.75) is 63.7 Å². The van der Waals surface area contributed by atoms with Crippen molar-refractivity contribution in [3.8, 4) is 11.3 Å². The second-order valence-electron chi connectivity index (χ2n) is 10.5. The predicted molar refractivity (Wildman–Crippen MR) is 162 cm³/mol. The van der Waals surface area contributed by atoms with Crippen molar-refractivity contribution in [1.29, 1.82) is 0 Å². The Kier molecular flexibility index (Phi) is 16.6. The van der Waals surface area contributed by atoms with Crippen LogP contribution in [0.15, 0.2) is 48.7 Å². The smallest absolute Gasteiger partial charge is 0.475 e. The molecule has 3 aromatic rings. The first-order valence-electron chi connectivity index (χ1n) is 14.4. The number of H-pyrrole nitrogens is 1. The Morgan fingerprint density at radius 1 is 0.894 bits per heavy atom. The van der Waals surface area contributed by atoms with E-state index in [2.05, 4.69) is 45.6 Å². The molecular formula is C31H38F6N4O6. The number of aromatic amines is 1. The fraction of sp³-hybridized carbons (Fsp3) is 0.452. The van der Waals surface area contributed by atoms with E-state index in [1.54, 1.807) is 0 Å². The first-order valence-corrected chi connectivity index (χ1v) is 14.4. The number of benzene rings is 2. The molecule has 0 aliphatic heterocycles. The van der Waals surface area contributed by atoms with E-state index < -0.39 is 24.3 Å². The average molecular weight is 677 g/mol. The summed E-state index contributed by atoms with van der Waals surface area (Å²) in [6.07, 6.45) is -3.72. The number of carbonyl (C=O) groups excluding carboxylic acids is 2. The molecule has 0 aliphatic rings. The molecule has 0 saturated carbocycles. The molecule has 1 atom stereocenters. The molecule has 0 saturated heterocycles. The number of likely N-dealkylation sites (N-methyl/N-ethyl adjacent to an activating group) is 1. The lowest BCUT2D eigenvalue weighted by Crippen LogP contribution is -2.35. The molecule has 4 N–H and O–H groups in total. The second-order valence-corrected chi connectivity index (χ2v) is 10.5. The van der Waals surface area contributed by atoms with Crippen molar-refractivity contribution < 1.29 is 55.7 Å². The molecule has 1 aromatic heterocycles. The number of carboxylic acid groups (broad SMARTS) is 2. The molecule has 2 aromatic carbocycles. The Balaban J connectivity index is 0.000000658. The number of amides is 1. The van der Waals surface area contributed by atoms with Crippen LogP contribution in [0.25, 0.3) is 22.0 Å². The maximum absolute atomic E-state index is 13.0. The number of fused-ring (bicyclic) bond motifs is 1. The first-order chi connectivity index (χ1) is 21.9. The summed E-state index contributed by atoms with van der Waals surface area (Å²) in [6.45, 7) is 3.30. The number of rotatable bonds is 13. The highest BCUT2D eigenvalue weighted by molar-refractivity contribution is 5.87. The van der Waals surface area contributed by atoms with Gasteiger partial charge in [0.1, 0.15) is 11.6 Å². The quantitative estimate of drug-likeness (QED) is 0.124. The number of Topliss-reactive ketones (excluding diaryl/α,β-unsaturated/α-hetero) is 1. The number of carbonyl (C=O) groups is 4. The van der Waals surface area contributed by atoms with Crippen LogP contribution in [0.3, 0.4) is 0 Å². The summed E-state index contributed by atoms with van der Waals surface area (Å²) in [4.78, 5) is 52.4. The number of aromatic nitrogens is 2. The maximum atomic E-state index is 13.0. The van der Waals surface area contributed by atoms with E-state index in [4.69, 9.17) is 19.8 Å². The van der Waals surface area contributed by atoms with Crippen LogP contribution < -0.4 is 5.32 Å². The van der Waals surface area contributed by atoms with Gasteiger partial charge in [0, 0.05) is 31.5 Å². The molecule has 10 nitrogen and oxygen atoms in total. The van der Waals surface area contributed by atoms with E-state index in [0.717, 1.165) is 37.1 Å². The molecule has 16 heteroatoms. The van der Waals surface area contributed by atoms with Crippen molar-refractivity contribution in [2.75, 3.05) is 27.2 Å². The van der Waals surface area contributed by atoms with Crippen LogP contribution in [0.5, 0.6) is 0 Å². The Morgan fingerprint density at radius 3 is 2.00 bits per heavy atom. The van der Waals surface area contributed by atoms with Gasteiger partial charge in [0.15, 0.2) is 0 Å². The molecule has 0 bridgehead atoms. The number of hydrogen-bond acceptors (Lipinski definition) is 6. The minimum Gasteiger partial charge on any atom is -0.475 e. The Morgan fingerprint density at radius 2 is 1.47 bits per heavy atom. The number of imidazole rings is 1. The Hall–Kier alpha value is -4.47. The Labute approximate surface area is 267 Å². The zero-order valence-corrected chi connectivity index (χ0v) is 26.0. The lowest BCUT2D eigenvalue weighted by Gasteiger charge is -2.16. The normalized spacial score (nSPS) is 12.0. The van der Waals surface area contributed by atoms with Gasteiger partial charge in [-0.15, -0.1) is 0 Å². The van der Waals surface area contributed by atoms with E-state index >= 15 is 0 Å². The zero-order chi connectivity index (χ0) is 35.8. The number of alkyl halides is 6. The number of aliphatic carboxylic acids is 2. The molecule has 1 heterocycles. The number of halogens is 6. The standard InChI is InChI=1S/C27H36N4O2.2C2HF3O2/c1-4-23(32)12-6-5-7-13-24(27(33)28-16-17-31(2)3)26-29-19-25(30-26)22-15-14-20-10-8-9-11-21(20)18-22;2*3-2(4,5)1(6)7/h8-11,14-15,18-19,24H,4-7,12-13,16-17H2,1-3H3,(H,28,33)(H,29,30);2*(H,6,7). The zero-order valence-electron chi connectivity index (χ0n) is 26.0. The van der Waals surface area contributed by atoms with Gasteiger partial charge in [-0.1, -0.05) is 56.2 Å². The summed E-state index contributed by atoms with van der Waals surface area (Å²) >= 11 is 0. The third-order valence-electron chi connectivity index (χ3n) is 6.49. The number of hydrogen-bond donors (Lipinski definition) is 4. The lowest BCUT2D eigenvalue weighted by atomic mass is 9.98. The monoisotopic (exact) mass is 676 g/mol. The summed E-state index contributed by atoms with van der Waals surface area (Å²) in [6, 6.07) is 14.6. The van der Waals surface area contributed by atoms with Crippen LogP contribution >= 0.6 is 0 Å². The van der Waals surface area contributed by atoms with E-state index in [9.17, 15) is 35.9 Å². The topological polar surface area (TPSA) is 153 Å². The van der Waals surface area contributed by atoms with Crippen LogP contribution in [0.1, 0.15) is 57.2 Å². The fourth-order valence-corrected chi connectivity index (χ4v) is 3.96. The summed E-state index contributed by atoms with van der Waals surface area (Å²) in [7, 11) is 3.98. The lowest BCUT2D eigenvalue weighted by molar-refractivity contribution is -0.193. The van der Waals surface area contributed by atoms with Crippen LogP contribution in [-0.2, 0) is 19.2 Å². The number of nitrogens with one attached hydrogen (secondary N) is 2. The molecule has 0 aliphatic carbocycles. The van der Waals surface area contributed by atoms with Gasteiger partial charge in [0.2, 0.25) is 5.91 Å². The summed E-state index contributed by atoms with van der Waals surface area (Å²) in [5, 5.41) is 19.7. The van der Waals surface area contributed by atoms with Crippen molar-refractivity contribution in [3.63, 3.8) is 0 Å². The highest BCUT2D eigenvalue weighted by atomic mass is 19.4. The SMILES string of the molecule is CCC(=O)CCCCCC(C(=O)NCCN(C)C)c1ncc(-c2ccc3ccccc3c2)[nH]1.O=C(O)C(F)(F)F.O=C(O)C(F)(F)F. The molecule has 1 unspecified atom stereocenters. The minimum absolute atomic E-state index is 0.000830. The molecule has 0 fully saturated rings. The largest absolute Gasteiger partial charge is 0.490 e. The highest BCUT2D eigenvalue weighted by Crippen LogP contribution is 2.27. The van der Waals surface area contributed by atoms with Gasteiger partial charge in [-0.05, 0) is 43.8 Å². The number of unbranched alkanes of at least 4 members (excludes halogenated alkanes) is 2. The number of ketones is 1. The Bertz CT molecular complexity index is 1430. The van der Waals surface area contributed by atoms with Gasteiger partial charge in [-0.2, -0.15) is 26.3 Å². The first kappa shape index (κ1) is 40.6. The van der Waals surface area contributed by atoms with Crippen molar-refractivity contribution >= 4 is 34.4 Å².